The standard InChI is InChI=1S/2C14H23N3O8.3Hf/c2*18-6-5-17-11-13(24)9(15-3-1-7(19)20)12(23)10(14(11)25)16-4-2-8(21)22;;;/h2*9-17H,1-6H2,(H,19,20)(H,21,22);;;/q2*-4;3*+4/p-4/t2*9-,10+,11?,12?,13-,14+;;;. The molecule has 0 amide bonds. The quantitative estimate of drug-likeness (QED) is 0.0548. The van der Waals surface area contributed by atoms with Gasteiger partial charge in [0.15, 0.2) is 0 Å². The van der Waals surface area contributed by atoms with E-state index in [4.69, 9.17) is 0 Å². The third-order valence-corrected chi connectivity index (χ3v) is 8.05. The van der Waals surface area contributed by atoms with E-state index in [-0.39, 0.29) is 117 Å². The van der Waals surface area contributed by atoms with Crippen molar-refractivity contribution >= 4 is 23.9 Å². The average Bonchev–Trinajstić information content (AvgIpc) is 3.03. The largest absolute Gasteiger partial charge is 4.00 e. The van der Waals surface area contributed by atoms with Crippen molar-refractivity contribution in [2.75, 3.05) is 52.5 Å². The molecule has 0 bridgehead atoms. The number of carboxylic acid groups (broad SMARTS) is 4. The van der Waals surface area contributed by atoms with Crippen LogP contribution in [0.25, 0.3) is 0 Å². The summed E-state index contributed by atoms with van der Waals surface area (Å²) >= 11 is 0. The van der Waals surface area contributed by atoms with E-state index in [2.05, 4.69) is 31.9 Å². The van der Waals surface area contributed by atoms with Crippen LogP contribution in [0.1, 0.15) is 25.7 Å². The second-order valence-corrected chi connectivity index (χ2v) is 11.6. The Morgan fingerprint density at radius 3 is 0.623 bits per heavy atom. The zero-order valence-corrected chi connectivity index (χ0v) is 39.2. The van der Waals surface area contributed by atoms with E-state index in [0.717, 1.165) is 0 Å². The summed E-state index contributed by atoms with van der Waals surface area (Å²) < 4.78 is 0. The van der Waals surface area contributed by atoms with Gasteiger partial charge in [0.1, 0.15) is 0 Å². The zero-order chi connectivity index (χ0) is 38.0. The van der Waals surface area contributed by atoms with Gasteiger partial charge in [-0.25, -0.2) is 0 Å². The molecule has 292 valence electrons. The molecule has 6 N–H and O–H groups in total. The second kappa shape index (κ2) is 31.0. The van der Waals surface area contributed by atoms with Crippen molar-refractivity contribution in [3.63, 3.8) is 0 Å². The molecule has 0 aromatic carbocycles. The molecule has 22 nitrogen and oxygen atoms in total. The Bertz CT molecular complexity index is 903. The van der Waals surface area contributed by atoms with Crippen LogP contribution >= 0.6 is 0 Å². The van der Waals surface area contributed by atoms with Gasteiger partial charge >= 0.3 is 77.5 Å². The molecule has 0 aliphatic heterocycles. The molecule has 0 aromatic rings. The fourth-order valence-corrected chi connectivity index (χ4v) is 5.67. The summed E-state index contributed by atoms with van der Waals surface area (Å²) in [6.07, 6.45) is -11.8. The van der Waals surface area contributed by atoms with E-state index in [1.165, 1.54) is 0 Å². The molecule has 2 fully saturated rings. The summed E-state index contributed by atoms with van der Waals surface area (Å²) in [5, 5.41) is 153. The average molecular weight is 1250 g/mol. The van der Waals surface area contributed by atoms with Gasteiger partial charge in [0.2, 0.25) is 0 Å². The number of nitrogens with one attached hydrogen (secondary N) is 6. The molecule has 0 radical (unpaired) electrons. The van der Waals surface area contributed by atoms with Crippen LogP contribution in [0.3, 0.4) is 0 Å². The van der Waals surface area contributed by atoms with E-state index >= 15 is 0 Å². The molecule has 53 heavy (non-hydrogen) atoms. The van der Waals surface area contributed by atoms with Gasteiger partial charge in [0.25, 0.3) is 0 Å². The van der Waals surface area contributed by atoms with E-state index < -0.39 is 136 Å². The third kappa shape index (κ3) is 20.3. The number of hydrogen-bond donors (Lipinski definition) is 6. The van der Waals surface area contributed by atoms with Crippen LogP contribution in [0, 0.1) is 0 Å². The fraction of sp³-hybridized carbons (Fsp3) is 0.857. The minimum atomic E-state index is -1.71. The smallest absolute Gasteiger partial charge is 0.854 e. The molecule has 2 aliphatic rings. The number of carboxylic acids is 4. The summed E-state index contributed by atoms with van der Waals surface area (Å²) in [5.74, 6) is -5.45. The molecule has 0 heterocycles. The van der Waals surface area contributed by atoms with Gasteiger partial charge in [0, 0.05) is 50.1 Å². The molecule has 25 heteroatoms. The number of carbonyl (C=O) groups is 4. The Hall–Kier alpha value is -0.0696. The van der Waals surface area contributed by atoms with Crippen molar-refractivity contribution in [2.24, 2.45) is 0 Å². The molecule has 0 aromatic heterocycles. The van der Waals surface area contributed by atoms with Crippen molar-refractivity contribution in [2.45, 2.75) is 98.6 Å². The Labute approximate surface area is 362 Å². The first kappa shape index (κ1) is 57.3. The molecule has 2 aliphatic carbocycles. The SMILES string of the molecule is O=C([O-])CCN[C@@H]1C([O-])[C@H](NCCC(=O)[O-])[C@H]([O-])C(NCC[O-])[C@@H]1[O-].O=C([O-])CCN[C@@H]1C([O-])[C@H](NCCC(=O)[O-])[C@H]([O-])C(NCC[O-])[C@@H]1[O-].[Hf+4].[Hf+4].[Hf+4]. The van der Waals surface area contributed by atoms with E-state index in [1.54, 1.807) is 0 Å². The first-order valence-corrected chi connectivity index (χ1v) is 15.9. The predicted molar refractivity (Wildman–Crippen MR) is 142 cm³/mol. The molecular formula is C28H42Hf3N6O16. The zero-order valence-electron chi connectivity index (χ0n) is 28.4. The van der Waals surface area contributed by atoms with Gasteiger partial charge in [-0.3, -0.25) is 0 Å². The van der Waals surface area contributed by atoms with Crippen molar-refractivity contribution in [3.8, 4) is 0 Å². The molecular weight excluding hydrogens is 1210 g/mol. The molecule has 0 spiro atoms. The Balaban J connectivity index is -0.000000893. The summed E-state index contributed by atoms with van der Waals surface area (Å²) in [7, 11) is 0. The van der Waals surface area contributed by atoms with E-state index in [0.29, 0.717) is 0 Å². The van der Waals surface area contributed by atoms with E-state index in [9.17, 15) is 80.5 Å². The maximum atomic E-state index is 12.5. The second-order valence-electron chi connectivity index (χ2n) is 11.6. The first-order valence-electron chi connectivity index (χ1n) is 15.9. The first-order chi connectivity index (χ1) is 23.6. The molecule has 4 unspecified atom stereocenters. The van der Waals surface area contributed by atoms with Crippen LogP contribution in [-0.4, -0.2) is 149 Å². The van der Waals surface area contributed by atoms with Gasteiger partial charge in [0.05, 0.1) is 0 Å². The number of carbonyl (C=O) groups excluding carboxylic acids is 4. The summed E-state index contributed by atoms with van der Waals surface area (Å²) in [4.78, 5) is 41.8. The van der Waals surface area contributed by atoms with E-state index in [1.807, 2.05) is 0 Å². The molecule has 0 saturated heterocycles. The minimum absolute atomic E-state index is 0. The van der Waals surface area contributed by atoms with Crippen LogP contribution in [0.4, 0.5) is 0 Å². The Morgan fingerprint density at radius 1 is 0.340 bits per heavy atom. The maximum Gasteiger partial charge on any atom is 4.00 e. The van der Waals surface area contributed by atoms with Crippen molar-refractivity contribution in [3.05, 3.63) is 0 Å². The fourth-order valence-electron chi connectivity index (χ4n) is 5.67. The van der Waals surface area contributed by atoms with Crippen molar-refractivity contribution < 1.29 is 158 Å². The third-order valence-electron chi connectivity index (χ3n) is 8.05. The van der Waals surface area contributed by atoms with Gasteiger partial charge in [-0.2, -0.15) is 0 Å². The van der Waals surface area contributed by atoms with Crippen molar-refractivity contribution in [1.29, 1.82) is 0 Å². The summed E-state index contributed by atoms with van der Waals surface area (Å²) in [5.41, 5.74) is 0. The van der Waals surface area contributed by atoms with Gasteiger partial charge in [-0.15, -0.1) is 13.2 Å². The normalized spacial score (nSPS) is 30.6. The summed E-state index contributed by atoms with van der Waals surface area (Å²) in [6.45, 7) is -2.15. The number of rotatable bonds is 22. The van der Waals surface area contributed by atoms with Crippen LogP contribution in [-0.2, 0) is 96.7 Å². The van der Waals surface area contributed by atoms with Crippen LogP contribution in [0.5, 0.6) is 0 Å². The van der Waals surface area contributed by atoms with Gasteiger partial charge in [-0.05, 0) is 75.0 Å². The van der Waals surface area contributed by atoms with Crippen LogP contribution in [0.15, 0.2) is 0 Å². The Morgan fingerprint density at radius 2 is 0.491 bits per heavy atom. The monoisotopic (exact) mass is 1260 g/mol. The van der Waals surface area contributed by atoms with Gasteiger partial charge < -0.3 is 112 Å². The minimum Gasteiger partial charge on any atom is -0.854 e. The topological polar surface area (TPSA) is 417 Å². The van der Waals surface area contributed by atoms with Gasteiger partial charge in [-0.1, -0.05) is 36.6 Å². The predicted octanol–water partition coefficient (Wildman–Crippen LogP) is -18.6. The maximum absolute atomic E-state index is 12.5. The summed E-state index contributed by atoms with van der Waals surface area (Å²) in [6, 6.07) is -7.55. The number of hydrogen-bond acceptors (Lipinski definition) is 22. The molecule has 2 saturated carbocycles. The Kier molecular flexibility index (Phi) is 33.5. The van der Waals surface area contributed by atoms with Crippen molar-refractivity contribution in [1.82, 2.24) is 31.9 Å². The number of aliphatic carboxylic acids is 4. The molecule has 12 atom stereocenters. The van der Waals surface area contributed by atoms with Crippen LogP contribution < -0.4 is 93.2 Å². The van der Waals surface area contributed by atoms with Crippen LogP contribution in [0.2, 0.25) is 0 Å². The molecule has 2 rings (SSSR count).